The molecule has 0 bridgehead atoms. The van der Waals surface area contributed by atoms with Gasteiger partial charge in [0.2, 0.25) is 0 Å². The number of hydrogen-bond donors (Lipinski definition) is 1. The number of amides is 2. The first-order valence-electron chi connectivity index (χ1n) is 9.71. The molecule has 6 nitrogen and oxygen atoms in total. The molecule has 0 saturated carbocycles. The zero-order valence-corrected chi connectivity index (χ0v) is 16.6. The molecule has 152 valence electrons. The lowest BCUT2D eigenvalue weighted by molar-refractivity contribution is 0.0521. The van der Waals surface area contributed by atoms with Crippen molar-refractivity contribution in [1.29, 1.82) is 0 Å². The monoisotopic (exact) mass is 402 g/mol. The molecule has 1 atom stereocenters. The number of likely N-dealkylation sites (N-methyl/N-ethyl adjacent to an activating group) is 1. The third kappa shape index (κ3) is 4.27. The Bertz CT molecular complexity index is 1050. The van der Waals surface area contributed by atoms with Gasteiger partial charge in [0.15, 0.2) is 17.6 Å². The lowest BCUT2D eigenvalue weighted by Crippen LogP contribution is -2.42. The maximum absolute atomic E-state index is 13.1. The van der Waals surface area contributed by atoms with E-state index in [4.69, 9.17) is 9.47 Å². The summed E-state index contributed by atoms with van der Waals surface area (Å²) in [5.74, 6) is 0.905. The van der Waals surface area contributed by atoms with E-state index in [1.165, 1.54) is 0 Å². The second-order valence-corrected chi connectivity index (χ2v) is 7.05. The number of nitrogens with zero attached hydrogens (tertiary/aromatic N) is 1. The van der Waals surface area contributed by atoms with Crippen LogP contribution in [0.25, 0.3) is 0 Å². The van der Waals surface area contributed by atoms with Crippen molar-refractivity contribution in [1.82, 2.24) is 4.90 Å². The molecule has 6 heteroatoms. The fourth-order valence-electron chi connectivity index (χ4n) is 3.31. The molecular formula is C24H22N2O4. The molecule has 0 fully saturated rings. The van der Waals surface area contributed by atoms with Crippen molar-refractivity contribution in [3.8, 4) is 11.5 Å². The van der Waals surface area contributed by atoms with E-state index in [2.05, 4.69) is 5.32 Å². The summed E-state index contributed by atoms with van der Waals surface area (Å²) in [7, 11) is 1.71. The van der Waals surface area contributed by atoms with E-state index in [1.807, 2.05) is 30.3 Å². The fraction of sp³-hybridized carbons (Fsp3) is 0.167. The second kappa shape index (κ2) is 8.69. The lowest BCUT2D eigenvalue weighted by atomic mass is 10.1. The number of fused-ring (bicyclic) bond motifs is 1. The van der Waals surface area contributed by atoms with Crippen LogP contribution in [0.1, 0.15) is 20.7 Å². The topological polar surface area (TPSA) is 67.9 Å². The molecule has 0 saturated heterocycles. The number of nitrogens with one attached hydrogen (secondary N) is 1. The van der Waals surface area contributed by atoms with Gasteiger partial charge in [-0.05, 0) is 36.4 Å². The Hall–Kier alpha value is -3.80. The highest BCUT2D eigenvalue weighted by atomic mass is 16.6. The predicted octanol–water partition coefficient (Wildman–Crippen LogP) is 3.85. The van der Waals surface area contributed by atoms with Crippen LogP contribution in [0.5, 0.6) is 11.5 Å². The lowest BCUT2D eigenvalue weighted by Gasteiger charge is -2.30. The van der Waals surface area contributed by atoms with Crippen LogP contribution in [0.2, 0.25) is 0 Å². The van der Waals surface area contributed by atoms with Gasteiger partial charge in [-0.25, -0.2) is 0 Å². The van der Waals surface area contributed by atoms with E-state index in [0.717, 1.165) is 0 Å². The molecule has 3 aromatic carbocycles. The highest BCUT2D eigenvalue weighted by Crippen LogP contribution is 2.31. The van der Waals surface area contributed by atoms with Crippen molar-refractivity contribution < 1.29 is 19.1 Å². The zero-order valence-electron chi connectivity index (χ0n) is 16.6. The van der Waals surface area contributed by atoms with Gasteiger partial charge in [-0.2, -0.15) is 0 Å². The first-order chi connectivity index (χ1) is 14.6. The van der Waals surface area contributed by atoms with Gasteiger partial charge in [0.25, 0.3) is 11.8 Å². The summed E-state index contributed by atoms with van der Waals surface area (Å²) >= 11 is 0. The average Bonchev–Trinajstić information content (AvgIpc) is 2.79. The third-order valence-electron chi connectivity index (χ3n) is 4.83. The average molecular weight is 402 g/mol. The molecule has 1 heterocycles. The van der Waals surface area contributed by atoms with E-state index in [-0.39, 0.29) is 17.9 Å². The molecule has 0 unspecified atom stereocenters. The first kappa shape index (κ1) is 19.5. The van der Waals surface area contributed by atoms with Crippen LogP contribution in [0.4, 0.5) is 5.69 Å². The Labute approximate surface area is 175 Å². The Balaban J connectivity index is 1.45. The minimum atomic E-state index is -0.278. The molecule has 3 aromatic rings. The summed E-state index contributed by atoms with van der Waals surface area (Å²) < 4.78 is 11.7. The number of carbonyl (C=O) groups excluding carboxylic acids is 2. The maximum atomic E-state index is 13.1. The van der Waals surface area contributed by atoms with Crippen molar-refractivity contribution in [2.45, 2.75) is 6.10 Å². The Morgan fingerprint density at radius 1 is 0.933 bits per heavy atom. The van der Waals surface area contributed by atoms with Gasteiger partial charge in [0.1, 0.15) is 6.61 Å². The standard InChI is InChI=1S/C24H22N2O4/c1-26(15-18-16-29-21-13-7-8-14-22(21)30-18)24(28)19-11-5-6-12-20(19)25-23(27)17-9-3-2-4-10-17/h2-14,18H,15-16H2,1H3,(H,25,27)/t18-/m1/s1. The first-order valence-corrected chi connectivity index (χ1v) is 9.71. The fourth-order valence-corrected chi connectivity index (χ4v) is 3.31. The molecule has 4 rings (SSSR count). The van der Waals surface area contributed by atoms with Gasteiger partial charge in [-0.3, -0.25) is 9.59 Å². The molecular weight excluding hydrogens is 380 g/mol. The summed E-state index contributed by atoms with van der Waals surface area (Å²) in [4.78, 5) is 27.2. The largest absolute Gasteiger partial charge is 0.486 e. The molecule has 2 amide bonds. The van der Waals surface area contributed by atoms with Crippen LogP contribution in [0, 0.1) is 0 Å². The Morgan fingerprint density at radius 2 is 1.60 bits per heavy atom. The summed E-state index contributed by atoms with van der Waals surface area (Å²) in [5.41, 5.74) is 1.41. The van der Waals surface area contributed by atoms with Crippen LogP contribution in [-0.4, -0.2) is 43.0 Å². The van der Waals surface area contributed by atoms with Gasteiger partial charge >= 0.3 is 0 Å². The minimum Gasteiger partial charge on any atom is -0.486 e. The number of benzene rings is 3. The van der Waals surface area contributed by atoms with Crippen molar-refractivity contribution >= 4 is 17.5 Å². The van der Waals surface area contributed by atoms with Gasteiger partial charge in [-0.1, -0.05) is 42.5 Å². The van der Waals surface area contributed by atoms with Gasteiger partial charge in [-0.15, -0.1) is 0 Å². The van der Waals surface area contributed by atoms with Crippen LogP contribution in [0.15, 0.2) is 78.9 Å². The van der Waals surface area contributed by atoms with Crippen LogP contribution in [0.3, 0.4) is 0 Å². The molecule has 0 radical (unpaired) electrons. The number of hydrogen-bond acceptors (Lipinski definition) is 4. The molecule has 1 aliphatic heterocycles. The number of anilines is 1. The van der Waals surface area contributed by atoms with Gasteiger partial charge < -0.3 is 19.7 Å². The molecule has 30 heavy (non-hydrogen) atoms. The second-order valence-electron chi connectivity index (χ2n) is 7.05. The maximum Gasteiger partial charge on any atom is 0.255 e. The predicted molar refractivity (Wildman–Crippen MR) is 114 cm³/mol. The quantitative estimate of drug-likeness (QED) is 0.704. The number of para-hydroxylation sites is 3. The number of rotatable bonds is 5. The van der Waals surface area contributed by atoms with Crippen molar-refractivity contribution in [2.24, 2.45) is 0 Å². The normalized spacial score (nSPS) is 14.6. The van der Waals surface area contributed by atoms with E-state index in [0.29, 0.717) is 41.5 Å². The van der Waals surface area contributed by atoms with E-state index in [1.54, 1.807) is 60.5 Å². The van der Waals surface area contributed by atoms with Gasteiger partial charge in [0.05, 0.1) is 17.8 Å². The Morgan fingerprint density at radius 3 is 2.40 bits per heavy atom. The van der Waals surface area contributed by atoms with Crippen molar-refractivity contribution in [2.75, 3.05) is 25.5 Å². The Kier molecular flexibility index (Phi) is 5.66. The van der Waals surface area contributed by atoms with Crippen LogP contribution < -0.4 is 14.8 Å². The summed E-state index contributed by atoms with van der Waals surface area (Å²) in [5, 5.41) is 2.84. The number of carbonyl (C=O) groups is 2. The zero-order chi connectivity index (χ0) is 20.9. The van der Waals surface area contributed by atoms with E-state index < -0.39 is 0 Å². The molecule has 0 aromatic heterocycles. The molecule has 1 aliphatic rings. The smallest absolute Gasteiger partial charge is 0.255 e. The molecule has 1 N–H and O–H groups in total. The van der Waals surface area contributed by atoms with Crippen molar-refractivity contribution in [3.05, 3.63) is 90.0 Å². The highest BCUT2D eigenvalue weighted by molar-refractivity contribution is 6.08. The molecule has 0 aliphatic carbocycles. The summed E-state index contributed by atoms with van der Waals surface area (Å²) in [6.45, 7) is 0.717. The van der Waals surface area contributed by atoms with Crippen LogP contribution in [-0.2, 0) is 0 Å². The summed E-state index contributed by atoms with van der Waals surface area (Å²) in [6, 6.07) is 23.3. The third-order valence-corrected chi connectivity index (χ3v) is 4.83. The minimum absolute atomic E-state index is 0.207. The van der Waals surface area contributed by atoms with Crippen LogP contribution >= 0.6 is 0 Å². The highest BCUT2D eigenvalue weighted by Gasteiger charge is 2.25. The SMILES string of the molecule is CN(C[C@@H]1COc2ccccc2O1)C(=O)c1ccccc1NC(=O)c1ccccc1. The molecule has 0 spiro atoms. The summed E-state index contributed by atoms with van der Waals surface area (Å²) in [6.07, 6.45) is -0.278. The van der Waals surface area contributed by atoms with Crippen molar-refractivity contribution in [3.63, 3.8) is 0 Å². The van der Waals surface area contributed by atoms with Gasteiger partial charge in [0, 0.05) is 12.6 Å². The number of ether oxygens (including phenoxy) is 2. The van der Waals surface area contributed by atoms with E-state index >= 15 is 0 Å². The van der Waals surface area contributed by atoms with E-state index in [9.17, 15) is 9.59 Å².